The minimum atomic E-state index is -0.436. The van der Waals surface area contributed by atoms with Crippen molar-refractivity contribution in [1.29, 1.82) is 0 Å². The lowest BCUT2D eigenvalue weighted by Crippen LogP contribution is -2.31. The van der Waals surface area contributed by atoms with E-state index in [4.69, 9.17) is 0 Å². The van der Waals surface area contributed by atoms with Crippen molar-refractivity contribution < 1.29 is 9.59 Å². The summed E-state index contributed by atoms with van der Waals surface area (Å²) >= 11 is 0. The van der Waals surface area contributed by atoms with Crippen LogP contribution in [-0.2, 0) is 0 Å². The highest BCUT2D eigenvalue weighted by Crippen LogP contribution is 2.22. The van der Waals surface area contributed by atoms with E-state index in [0.717, 1.165) is 11.3 Å². The Labute approximate surface area is 138 Å². The summed E-state index contributed by atoms with van der Waals surface area (Å²) in [6.45, 7) is 3.06. The minimum absolute atomic E-state index is 0.0689. The van der Waals surface area contributed by atoms with Crippen LogP contribution >= 0.6 is 0 Å². The zero-order valence-electron chi connectivity index (χ0n) is 13.2. The number of aromatic amines is 1. The Morgan fingerprint density at radius 2 is 2.08 bits per heavy atom. The molecule has 1 saturated heterocycles. The van der Waals surface area contributed by atoms with E-state index in [1.807, 2.05) is 31.2 Å². The first-order chi connectivity index (χ1) is 11.6. The molecule has 7 heteroatoms. The number of H-pyrrole nitrogens is 1. The number of pyridine rings is 1. The number of amides is 3. The van der Waals surface area contributed by atoms with Crippen molar-refractivity contribution in [3.05, 3.63) is 64.1 Å². The number of anilines is 1. The van der Waals surface area contributed by atoms with Gasteiger partial charge in [-0.05, 0) is 36.8 Å². The molecule has 1 aliphatic heterocycles. The van der Waals surface area contributed by atoms with E-state index < -0.39 is 11.5 Å². The number of hydrogen-bond donors (Lipinski definition) is 3. The molecule has 3 N–H and O–H groups in total. The van der Waals surface area contributed by atoms with Gasteiger partial charge in [0.05, 0.1) is 6.04 Å². The molecule has 1 aromatic carbocycles. The van der Waals surface area contributed by atoms with Crippen molar-refractivity contribution in [3.8, 4) is 0 Å². The average molecular weight is 326 g/mol. The van der Waals surface area contributed by atoms with Crippen LogP contribution in [0, 0.1) is 0 Å². The van der Waals surface area contributed by atoms with Crippen LogP contribution in [0.15, 0.2) is 47.4 Å². The van der Waals surface area contributed by atoms with Crippen LogP contribution in [0.5, 0.6) is 0 Å². The third-order valence-electron chi connectivity index (χ3n) is 3.95. The van der Waals surface area contributed by atoms with E-state index in [1.165, 1.54) is 12.3 Å². The lowest BCUT2D eigenvalue weighted by atomic mass is 10.1. The summed E-state index contributed by atoms with van der Waals surface area (Å²) in [5.41, 5.74) is 1.28. The van der Waals surface area contributed by atoms with E-state index >= 15 is 0 Å². The Morgan fingerprint density at radius 1 is 1.25 bits per heavy atom. The largest absolute Gasteiger partial charge is 0.345 e. The molecule has 1 fully saturated rings. The van der Waals surface area contributed by atoms with Gasteiger partial charge < -0.3 is 15.6 Å². The standard InChI is InChI=1S/C17H18N4O3/c1-11(20-16(23)14-6-3-7-18-15(14)22)12-4-2-5-13(10-12)21-9-8-19-17(21)24/h2-7,10-11H,8-9H2,1H3,(H,18,22)(H,19,24)(H,20,23). The molecule has 1 unspecified atom stereocenters. The molecular weight excluding hydrogens is 308 g/mol. The Morgan fingerprint density at radius 3 is 2.79 bits per heavy atom. The molecule has 0 spiro atoms. The van der Waals surface area contributed by atoms with Gasteiger partial charge in [0.25, 0.3) is 11.5 Å². The van der Waals surface area contributed by atoms with Crippen molar-refractivity contribution in [2.24, 2.45) is 0 Å². The maximum absolute atomic E-state index is 12.2. The minimum Gasteiger partial charge on any atom is -0.345 e. The van der Waals surface area contributed by atoms with Gasteiger partial charge in [-0.2, -0.15) is 0 Å². The zero-order valence-corrected chi connectivity index (χ0v) is 13.2. The lowest BCUT2D eigenvalue weighted by Gasteiger charge is -2.18. The number of nitrogens with one attached hydrogen (secondary N) is 3. The Balaban J connectivity index is 1.77. The molecule has 2 aromatic rings. The number of hydrogen-bond acceptors (Lipinski definition) is 3. The third kappa shape index (κ3) is 3.15. The Bertz CT molecular complexity index is 830. The monoisotopic (exact) mass is 326 g/mol. The van der Waals surface area contributed by atoms with Gasteiger partial charge in [-0.25, -0.2) is 4.79 Å². The number of nitrogens with zero attached hydrogens (tertiary/aromatic N) is 1. The highest BCUT2D eigenvalue weighted by Gasteiger charge is 2.22. The van der Waals surface area contributed by atoms with Crippen LogP contribution < -0.4 is 21.1 Å². The fraction of sp³-hybridized carbons (Fsp3) is 0.235. The van der Waals surface area contributed by atoms with E-state index in [2.05, 4.69) is 15.6 Å². The first-order valence-electron chi connectivity index (χ1n) is 7.70. The second-order valence-electron chi connectivity index (χ2n) is 5.59. The zero-order chi connectivity index (χ0) is 17.1. The first-order valence-corrected chi connectivity index (χ1v) is 7.70. The number of benzene rings is 1. The number of rotatable bonds is 4. The summed E-state index contributed by atoms with van der Waals surface area (Å²) in [5.74, 6) is -0.436. The molecule has 3 rings (SSSR count). The first kappa shape index (κ1) is 15.8. The number of aromatic nitrogens is 1. The number of carbonyl (C=O) groups is 2. The van der Waals surface area contributed by atoms with E-state index in [-0.39, 0.29) is 17.6 Å². The summed E-state index contributed by atoms with van der Waals surface area (Å²) in [4.78, 5) is 39.8. The SMILES string of the molecule is CC(NC(=O)c1ccc[nH]c1=O)c1cccc(N2CCNC2=O)c1. The van der Waals surface area contributed by atoms with Gasteiger partial charge in [-0.15, -0.1) is 0 Å². The fourth-order valence-corrected chi connectivity index (χ4v) is 2.64. The molecule has 1 atom stereocenters. The molecule has 0 radical (unpaired) electrons. The Kier molecular flexibility index (Phi) is 4.33. The quantitative estimate of drug-likeness (QED) is 0.792. The molecule has 2 heterocycles. The smallest absolute Gasteiger partial charge is 0.321 e. The average Bonchev–Trinajstić information content (AvgIpc) is 3.01. The molecule has 0 saturated carbocycles. The van der Waals surface area contributed by atoms with E-state index in [1.54, 1.807) is 11.0 Å². The molecule has 1 aromatic heterocycles. The number of carbonyl (C=O) groups excluding carboxylic acids is 2. The van der Waals surface area contributed by atoms with Crippen LogP contribution in [0.25, 0.3) is 0 Å². The molecule has 7 nitrogen and oxygen atoms in total. The van der Waals surface area contributed by atoms with Crippen molar-refractivity contribution >= 4 is 17.6 Å². The summed E-state index contributed by atoms with van der Waals surface area (Å²) in [6, 6.07) is 10.1. The molecular formula is C17H18N4O3. The van der Waals surface area contributed by atoms with Gasteiger partial charge in [-0.1, -0.05) is 12.1 Å². The number of urea groups is 1. The summed E-state index contributed by atoms with van der Waals surface area (Å²) in [7, 11) is 0. The highest BCUT2D eigenvalue weighted by atomic mass is 16.2. The fourth-order valence-electron chi connectivity index (χ4n) is 2.64. The second kappa shape index (κ2) is 6.57. The lowest BCUT2D eigenvalue weighted by molar-refractivity contribution is 0.0938. The predicted octanol–water partition coefficient (Wildman–Crippen LogP) is 1.40. The maximum atomic E-state index is 12.2. The molecule has 1 aliphatic rings. The normalized spacial score (nSPS) is 15.0. The van der Waals surface area contributed by atoms with Crippen LogP contribution in [0.1, 0.15) is 28.9 Å². The van der Waals surface area contributed by atoms with Gasteiger partial charge in [0.1, 0.15) is 5.56 Å². The Hall–Kier alpha value is -3.09. The van der Waals surface area contributed by atoms with Crippen molar-refractivity contribution in [3.63, 3.8) is 0 Å². The van der Waals surface area contributed by atoms with E-state index in [9.17, 15) is 14.4 Å². The molecule has 0 bridgehead atoms. The van der Waals surface area contributed by atoms with Crippen molar-refractivity contribution in [1.82, 2.24) is 15.6 Å². The van der Waals surface area contributed by atoms with Crippen molar-refractivity contribution in [2.75, 3.05) is 18.0 Å². The summed E-state index contributed by atoms with van der Waals surface area (Å²) in [6.07, 6.45) is 1.48. The predicted molar refractivity (Wildman–Crippen MR) is 90.1 cm³/mol. The van der Waals surface area contributed by atoms with Crippen LogP contribution in [0.4, 0.5) is 10.5 Å². The summed E-state index contributed by atoms with van der Waals surface area (Å²) in [5, 5.41) is 5.56. The van der Waals surface area contributed by atoms with Crippen LogP contribution in [0.2, 0.25) is 0 Å². The van der Waals surface area contributed by atoms with E-state index in [0.29, 0.717) is 13.1 Å². The van der Waals surface area contributed by atoms with Gasteiger partial charge in [0.2, 0.25) is 0 Å². The topological polar surface area (TPSA) is 94.3 Å². The van der Waals surface area contributed by atoms with Gasteiger partial charge >= 0.3 is 6.03 Å². The molecule has 0 aliphatic carbocycles. The maximum Gasteiger partial charge on any atom is 0.321 e. The van der Waals surface area contributed by atoms with Crippen LogP contribution in [-0.4, -0.2) is 30.0 Å². The third-order valence-corrected chi connectivity index (χ3v) is 3.95. The second-order valence-corrected chi connectivity index (χ2v) is 5.59. The summed E-state index contributed by atoms with van der Waals surface area (Å²) < 4.78 is 0. The molecule has 3 amide bonds. The van der Waals surface area contributed by atoms with Crippen LogP contribution in [0.3, 0.4) is 0 Å². The molecule has 124 valence electrons. The molecule has 24 heavy (non-hydrogen) atoms. The highest BCUT2D eigenvalue weighted by molar-refractivity contribution is 5.95. The van der Waals surface area contributed by atoms with Gasteiger partial charge in [0.15, 0.2) is 0 Å². The van der Waals surface area contributed by atoms with Gasteiger partial charge in [-0.3, -0.25) is 14.5 Å². The van der Waals surface area contributed by atoms with Crippen molar-refractivity contribution in [2.45, 2.75) is 13.0 Å². The van der Waals surface area contributed by atoms with Gasteiger partial charge in [0, 0.05) is 25.0 Å².